The van der Waals surface area contributed by atoms with Crippen molar-refractivity contribution in [2.75, 3.05) is 65.4 Å². The molecule has 0 amide bonds. The number of hydrogen-bond donors (Lipinski definition) is 0. The Morgan fingerprint density at radius 2 is 1.43 bits per heavy atom. The Bertz CT molecular complexity index is 598. The molecule has 3 aliphatic heterocycles. The zero-order valence-electron chi connectivity index (χ0n) is 17.7. The number of nitrogens with zero attached hydrogens (tertiary/aromatic N) is 6. The molecule has 0 N–H and O–H groups in total. The molecular weight excluding hydrogens is 348 g/mol. The molecule has 0 aliphatic carbocycles. The minimum absolute atomic E-state index is 0.277. The Hall–Kier alpha value is -1.76. The minimum Gasteiger partial charge on any atom is -0.355 e. The van der Waals surface area contributed by atoms with Gasteiger partial charge >= 0.3 is 0 Å². The highest BCUT2D eigenvalue weighted by atomic mass is 15.4. The third kappa shape index (κ3) is 5.40. The van der Waals surface area contributed by atoms with Gasteiger partial charge in [0.1, 0.15) is 18.0 Å². The highest BCUT2D eigenvalue weighted by molar-refractivity contribution is 5.40. The number of likely N-dealkylation sites (tertiary alicyclic amines) is 2. The Kier molecular flexibility index (Phi) is 7.59. The third-order valence-corrected chi connectivity index (χ3v) is 6.42. The van der Waals surface area contributed by atoms with Crippen molar-refractivity contribution in [3.63, 3.8) is 0 Å². The number of nitriles is 2. The molecule has 3 heterocycles. The molecule has 3 rings (SSSR count). The lowest BCUT2D eigenvalue weighted by Crippen LogP contribution is -2.42. The largest absolute Gasteiger partial charge is 0.355 e. The lowest BCUT2D eigenvalue weighted by Gasteiger charge is -2.36. The summed E-state index contributed by atoms with van der Waals surface area (Å²) in [5.41, 5.74) is 0.277. The zero-order chi connectivity index (χ0) is 19.9. The van der Waals surface area contributed by atoms with Crippen LogP contribution in [-0.2, 0) is 0 Å². The standard InChI is InChI=1S/C22H36N6/c1-19-14-20(2)18-26(17-19)10-11-28-13-12-27(22(28)21(15-23)16-24)9-5-8-25-6-3-4-7-25/h19-20H,3-14,17-18H2,1-2H3/t19-,20+. The van der Waals surface area contributed by atoms with Crippen LogP contribution in [-0.4, -0.2) is 85.0 Å². The van der Waals surface area contributed by atoms with Crippen LogP contribution in [0.2, 0.25) is 0 Å². The van der Waals surface area contributed by atoms with Gasteiger partial charge in [-0.05, 0) is 57.2 Å². The van der Waals surface area contributed by atoms with Crippen LogP contribution in [0.1, 0.15) is 39.5 Å². The van der Waals surface area contributed by atoms with Crippen molar-refractivity contribution in [2.24, 2.45) is 11.8 Å². The van der Waals surface area contributed by atoms with E-state index in [1.807, 2.05) is 0 Å². The first kappa shape index (κ1) is 21.0. The van der Waals surface area contributed by atoms with E-state index in [4.69, 9.17) is 0 Å². The van der Waals surface area contributed by atoms with Crippen LogP contribution in [0, 0.1) is 34.5 Å². The van der Waals surface area contributed by atoms with Crippen LogP contribution < -0.4 is 0 Å². The predicted molar refractivity (Wildman–Crippen MR) is 111 cm³/mol. The molecule has 0 radical (unpaired) electrons. The van der Waals surface area contributed by atoms with Gasteiger partial charge in [-0.25, -0.2) is 0 Å². The summed E-state index contributed by atoms with van der Waals surface area (Å²) in [7, 11) is 0. The summed E-state index contributed by atoms with van der Waals surface area (Å²) in [4.78, 5) is 9.65. The first-order valence-corrected chi connectivity index (χ1v) is 11.1. The molecule has 3 aliphatic rings. The van der Waals surface area contributed by atoms with E-state index in [0.717, 1.165) is 63.3 Å². The van der Waals surface area contributed by atoms with E-state index in [1.54, 1.807) is 0 Å². The van der Waals surface area contributed by atoms with Gasteiger partial charge in [0.2, 0.25) is 0 Å². The summed E-state index contributed by atoms with van der Waals surface area (Å²) >= 11 is 0. The Morgan fingerprint density at radius 3 is 2.04 bits per heavy atom. The fourth-order valence-electron chi connectivity index (χ4n) is 5.26. The van der Waals surface area contributed by atoms with Gasteiger partial charge in [0.05, 0.1) is 0 Å². The second-order valence-corrected chi connectivity index (χ2v) is 9.00. The van der Waals surface area contributed by atoms with Gasteiger partial charge in [-0.1, -0.05) is 13.8 Å². The molecule has 2 atom stereocenters. The van der Waals surface area contributed by atoms with E-state index in [0.29, 0.717) is 0 Å². The summed E-state index contributed by atoms with van der Waals surface area (Å²) in [6.07, 6.45) is 5.07. The smallest absolute Gasteiger partial charge is 0.169 e. The summed E-state index contributed by atoms with van der Waals surface area (Å²) in [5.74, 6) is 2.39. The second-order valence-electron chi connectivity index (χ2n) is 9.00. The highest BCUT2D eigenvalue weighted by Crippen LogP contribution is 2.24. The topological polar surface area (TPSA) is 60.5 Å². The number of rotatable bonds is 7. The second kappa shape index (κ2) is 10.1. The predicted octanol–water partition coefficient (Wildman–Crippen LogP) is 2.33. The fourth-order valence-corrected chi connectivity index (χ4v) is 5.26. The van der Waals surface area contributed by atoms with E-state index in [-0.39, 0.29) is 5.57 Å². The molecule has 0 saturated carbocycles. The molecule has 0 spiro atoms. The maximum absolute atomic E-state index is 9.50. The minimum atomic E-state index is 0.277. The van der Waals surface area contributed by atoms with Gasteiger partial charge in [0, 0.05) is 45.8 Å². The highest BCUT2D eigenvalue weighted by Gasteiger charge is 2.29. The van der Waals surface area contributed by atoms with Gasteiger partial charge in [0.25, 0.3) is 0 Å². The van der Waals surface area contributed by atoms with Crippen LogP contribution in [0.3, 0.4) is 0 Å². The lowest BCUT2D eigenvalue weighted by molar-refractivity contribution is 0.130. The Labute approximate surface area is 171 Å². The molecule has 0 aromatic rings. The van der Waals surface area contributed by atoms with Crippen molar-refractivity contribution >= 4 is 0 Å². The van der Waals surface area contributed by atoms with Gasteiger partial charge in [-0.3, -0.25) is 0 Å². The maximum atomic E-state index is 9.50. The van der Waals surface area contributed by atoms with Crippen molar-refractivity contribution in [2.45, 2.75) is 39.5 Å². The molecule has 6 nitrogen and oxygen atoms in total. The lowest BCUT2D eigenvalue weighted by atomic mass is 9.92. The summed E-state index contributed by atoms with van der Waals surface area (Å²) in [5, 5.41) is 19.0. The number of piperidine rings is 1. The van der Waals surface area contributed by atoms with Crippen LogP contribution in [0.25, 0.3) is 0 Å². The molecule has 3 saturated heterocycles. The van der Waals surface area contributed by atoms with Crippen LogP contribution in [0.15, 0.2) is 11.4 Å². The number of hydrogen-bond acceptors (Lipinski definition) is 6. The van der Waals surface area contributed by atoms with Crippen LogP contribution >= 0.6 is 0 Å². The SMILES string of the molecule is C[C@@H]1C[C@H](C)CN(CCN2CCN(CCCN3CCCC3)C2=C(C#N)C#N)C1. The van der Waals surface area contributed by atoms with E-state index < -0.39 is 0 Å². The van der Waals surface area contributed by atoms with Crippen LogP contribution in [0.5, 0.6) is 0 Å². The summed E-state index contributed by atoms with van der Waals surface area (Å²) in [6.45, 7) is 15.3. The molecule has 0 aromatic heterocycles. The van der Waals surface area contributed by atoms with Gasteiger partial charge in [-0.2, -0.15) is 10.5 Å². The summed E-state index contributed by atoms with van der Waals surface area (Å²) < 4.78 is 0. The molecule has 154 valence electrons. The van der Waals surface area contributed by atoms with E-state index >= 15 is 0 Å². The Morgan fingerprint density at radius 1 is 0.821 bits per heavy atom. The van der Waals surface area contributed by atoms with Crippen molar-refractivity contribution in [1.29, 1.82) is 10.5 Å². The summed E-state index contributed by atoms with van der Waals surface area (Å²) in [6, 6.07) is 4.30. The Balaban J connectivity index is 1.57. The average molecular weight is 385 g/mol. The van der Waals surface area contributed by atoms with E-state index in [1.165, 1.54) is 45.4 Å². The zero-order valence-corrected chi connectivity index (χ0v) is 17.7. The van der Waals surface area contributed by atoms with E-state index in [2.05, 4.69) is 45.6 Å². The maximum Gasteiger partial charge on any atom is 0.169 e. The quantitative estimate of drug-likeness (QED) is 0.628. The molecule has 28 heavy (non-hydrogen) atoms. The molecule has 0 bridgehead atoms. The van der Waals surface area contributed by atoms with Crippen molar-refractivity contribution in [3.8, 4) is 12.1 Å². The third-order valence-electron chi connectivity index (χ3n) is 6.42. The monoisotopic (exact) mass is 384 g/mol. The van der Waals surface area contributed by atoms with E-state index in [9.17, 15) is 10.5 Å². The number of allylic oxidation sites excluding steroid dienone is 1. The van der Waals surface area contributed by atoms with Crippen molar-refractivity contribution < 1.29 is 0 Å². The normalized spacial score (nSPS) is 26.5. The molecule has 0 unspecified atom stereocenters. The fraction of sp³-hybridized carbons (Fsp3) is 0.818. The molecule has 0 aromatic carbocycles. The van der Waals surface area contributed by atoms with Crippen molar-refractivity contribution in [3.05, 3.63) is 11.4 Å². The first-order valence-electron chi connectivity index (χ1n) is 11.1. The molecule has 6 heteroatoms. The van der Waals surface area contributed by atoms with Crippen LogP contribution in [0.4, 0.5) is 0 Å². The van der Waals surface area contributed by atoms with Crippen molar-refractivity contribution in [1.82, 2.24) is 19.6 Å². The average Bonchev–Trinajstić information content (AvgIpc) is 3.31. The van der Waals surface area contributed by atoms with Gasteiger partial charge in [0.15, 0.2) is 5.57 Å². The molecular formula is C22H36N6. The molecule has 3 fully saturated rings. The van der Waals surface area contributed by atoms with Gasteiger partial charge in [-0.15, -0.1) is 0 Å². The first-order chi connectivity index (χ1) is 13.6. The van der Waals surface area contributed by atoms with Gasteiger partial charge < -0.3 is 19.6 Å².